The molecule has 3 rings (SSSR count). The topological polar surface area (TPSA) is 87.3 Å². The van der Waals surface area contributed by atoms with E-state index in [-0.39, 0.29) is 5.56 Å². The summed E-state index contributed by atoms with van der Waals surface area (Å²) in [4.78, 5) is 34.0. The average molecular weight is 441 g/mol. The number of rotatable bonds is 6. The number of H-pyrrole nitrogens is 1. The number of nitrogens with one attached hydrogen (secondary N) is 2. The summed E-state index contributed by atoms with van der Waals surface area (Å²) in [6.45, 7) is 0.327. The number of hydrogen-bond donors (Lipinski definition) is 2. The summed E-state index contributed by atoms with van der Waals surface area (Å²) in [7, 11) is 1.28. The molecule has 2 amide bonds. The molecule has 7 nitrogen and oxygen atoms in total. The SMILES string of the molecule is COC(=O)[C@@H](CCSC)NC(=O)N1CCc2[nH]cnc2[C@@H]1c1cc(Cl)ccc1F. The van der Waals surface area contributed by atoms with E-state index in [1.165, 1.54) is 36.5 Å². The molecule has 0 saturated carbocycles. The van der Waals surface area contributed by atoms with Crippen LogP contribution in [0.5, 0.6) is 0 Å². The molecule has 1 aliphatic heterocycles. The van der Waals surface area contributed by atoms with Crippen molar-refractivity contribution >= 4 is 35.4 Å². The summed E-state index contributed by atoms with van der Waals surface area (Å²) in [5.41, 5.74) is 1.65. The zero-order chi connectivity index (χ0) is 21.0. The van der Waals surface area contributed by atoms with Crippen LogP contribution in [0.25, 0.3) is 0 Å². The van der Waals surface area contributed by atoms with E-state index in [1.54, 1.807) is 11.8 Å². The number of benzene rings is 1. The second kappa shape index (κ2) is 9.49. The fraction of sp³-hybridized carbons (Fsp3) is 0.421. The van der Waals surface area contributed by atoms with Crippen molar-refractivity contribution in [2.75, 3.05) is 25.7 Å². The first-order chi connectivity index (χ1) is 14.0. The number of halogens is 2. The summed E-state index contributed by atoms with van der Waals surface area (Å²) < 4.78 is 19.5. The lowest BCUT2D eigenvalue weighted by Crippen LogP contribution is -2.51. The van der Waals surface area contributed by atoms with E-state index in [1.807, 2.05) is 6.26 Å². The molecule has 1 aromatic carbocycles. The van der Waals surface area contributed by atoms with Crippen molar-refractivity contribution in [1.82, 2.24) is 20.2 Å². The number of methoxy groups -OCH3 is 1. The smallest absolute Gasteiger partial charge is 0.328 e. The van der Waals surface area contributed by atoms with E-state index >= 15 is 0 Å². The molecule has 29 heavy (non-hydrogen) atoms. The minimum atomic E-state index is -0.787. The van der Waals surface area contributed by atoms with E-state index < -0.39 is 29.9 Å². The van der Waals surface area contributed by atoms with E-state index in [2.05, 4.69) is 15.3 Å². The molecule has 0 spiro atoms. The molecule has 2 aromatic rings. The molecule has 1 aromatic heterocycles. The molecular weight excluding hydrogens is 419 g/mol. The molecule has 0 fully saturated rings. The Hall–Kier alpha value is -2.26. The number of thioether (sulfide) groups is 1. The first-order valence-electron chi connectivity index (χ1n) is 9.07. The third kappa shape index (κ3) is 4.67. The first-order valence-corrected chi connectivity index (χ1v) is 10.8. The third-order valence-corrected chi connectivity index (χ3v) is 5.71. The van der Waals surface area contributed by atoms with Crippen LogP contribution in [0.3, 0.4) is 0 Å². The third-order valence-electron chi connectivity index (χ3n) is 4.83. The standard InChI is InChI=1S/C19H22ClFN4O3S/c1-28-18(26)15(6-8-29-2)24-19(27)25-7-5-14-16(23-10-22-14)17(25)12-9-11(20)3-4-13(12)21/h3-4,9-10,15,17H,5-8H2,1-2H3,(H,22,23)(H,24,27)/t15-,17+/m1/s1. The highest BCUT2D eigenvalue weighted by atomic mass is 35.5. The van der Waals surface area contributed by atoms with Crippen LogP contribution in [0.1, 0.15) is 29.4 Å². The molecule has 2 heterocycles. The lowest BCUT2D eigenvalue weighted by Gasteiger charge is -2.36. The zero-order valence-electron chi connectivity index (χ0n) is 16.1. The Morgan fingerprint density at radius 2 is 2.31 bits per heavy atom. The lowest BCUT2D eigenvalue weighted by molar-refractivity contribution is -0.142. The Balaban J connectivity index is 1.93. The highest BCUT2D eigenvalue weighted by Crippen LogP contribution is 2.35. The van der Waals surface area contributed by atoms with Gasteiger partial charge in [0.25, 0.3) is 0 Å². The second-order valence-electron chi connectivity index (χ2n) is 6.58. The Kier molecular flexibility index (Phi) is 7.02. The highest BCUT2D eigenvalue weighted by Gasteiger charge is 2.37. The Morgan fingerprint density at radius 1 is 1.52 bits per heavy atom. The van der Waals surface area contributed by atoms with Gasteiger partial charge in [-0.25, -0.2) is 19.0 Å². The maximum atomic E-state index is 14.7. The summed E-state index contributed by atoms with van der Waals surface area (Å²) >= 11 is 7.65. The predicted molar refractivity (Wildman–Crippen MR) is 110 cm³/mol. The Bertz CT molecular complexity index is 894. The van der Waals surface area contributed by atoms with Crippen LogP contribution in [0.4, 0.5) is 9.18 Å². The van der Waals surface area contributed by atoms with Gasteiger partial charge in [-0.1, -0.05) is 11.6 Å². The molecule has 2 atom stereocenters. The van der Waals surface area contributed by atoms with E-state index in [4.69, 9.17) is 16.3 Å². The molecular formula is C19H22ClFN4O3S. The monoisotopic (exact) mass is 440 g/mol. The number of carbonyl (C=O) groups excluding carboxylic acids is 2. The fourth-order valence-corrected chi connectivity index (χ4v) is 4.05. The normalized spacial score (nSPS) is 16.8. The van der Waals surface area contributed by atoms with Crippen molar-refractivity contribution in [2.45, 2.75) is 24.9 Å². The molecule has 0 saturated heterocycles. The van der Waals surface area contributed by atoms with E-state index in [0.29, 0.717) is 35.9 Å². The molecule has 0 radical (unpaired) electrons. The van der Waals surface area contributed by atoms with Gasteiger partial charge in [-0.15, -0.1) is 0 Å². The van der Waals surface area contributed by atoms with Crippen molar-refractivity contribution in [3.63, 3.8) is 0 Å². The van der Waals surface area contributed by atoms with Crippen LogP contribution in [0, 0.1) is 5.82 Å². The number of amides is 2. The first kappa shape index (κ1) is 21.4. The van der Waals surface area contributed by atoms with Crippen molar-refractivity contribution in [3.05, 3.63) is 52.3 Å². The number of hydrogen-bond acceptors (Lipinski definition) is 5. The Morgan fingerprint density at radius 3 is 3.03 bits per heavy atom. The van der Waals surface area contributed by atoms with E-state index in [9.17, 15) is 14.0 Å². The van der Waals surface area contributed by atoms with Gasteiger partial charge in [0.15, 0.2) is 0 Å². The summed E-state index contributed by atoms with van der Waals surface area (Å²) in [6, 6.07) is 2.18. The number of aromatic amines is 1. The minimum absolute atomic E-state index is 0.249. The molecule has 156 valence electrons. The molecule has 10 heteroatoms. The van der Waals surface area contributed by atoms with Crippen LogP contribution in [0.15, 0.2) is 24.5 Å². The van der Waals surface area contributed by atoms with Gasteiger partial charge in [0.2, 0.25) is 0 Å². The van der Waals surface area contributed by atoms with Crippen LogP contribution in [-0.4, -0.2) is 58.6 Å². The molecule has 2 N–H and O–H groups in total. The van der Waals surface area contributed by atoms with Gasteiger partial charge in [-0.2, -0.15) is 11.8 Å². The lowest BCUT2D eigenvalue weighted by atomic mass is 9.95. The van der Waals surface area contributed by atoms with Crippen LogP contribution < -0.4 is 5.32 Å². The second-order valence-corrected chi connectivity index (χ2v) is 8.01. The number of imidazole rings is 1. The van der Waals surface area contributed by atoms with Gasteiger partial charge >= 0.3 is 12.0 Å². The number of nitrogens with zero attached hydrogens (tertiary/aromatic N) is 2. The number of urea groups is 1. The average Bonchev–Trinajstić information content (AvgIpc) is 3.20. The van der Waals surface area contributed by atoms with Crippen LogP contribution in [0.2, 0.25) is 5.02 Å². The van der Waals surface area contributed by atoms with Crippen molar-refractivity contribution in [1.29, 1.82) is 0 Å². The molecule has 0 unspecified atom stereocenters. The van der Waals surface area contributed by atoms with Gasteiger partial charge < -0.3 is 19.9 Å². The van der Waals surface area contributed by atoms with Gasteiger partial charge in [0.05, 0.1) is 19.1 Å². The fourth-order valence-electron chi connectivity index (χ4n) is 3.39. The zero-order valence-corrected chi connectivity index (χ0v) is 17.6. The number of fused-ring (bicyclic) bond motifs is 1. The number of aromatic nitrogens is 2. The van der Waals surface area contributed by atoms with E-state index in [0.717, 1.165) is 5.69 Å². The minimum Gasteiger partial charge on any atom is -0.467 e. The number of esters is 1. The predicted octanol–water partition coefficient (Wildman–Crippen LogP) is 3.15. The highest BCUT2D eigenvalue weighted by molar-refractivity contribution is 7.98. The molecule has 0 aliphatic carbocycles. The number of ether oxygens (including phenoxy) is 1. The summed E-state index contributed by atoms with van der Waals surface area (Å²) in [5.74, 6) is -0.328. The van der Waals surface area contributed by atoms with Crippen LogP contribution in [-0.2, 0) is 16.0 Å². The number of carbonyl (C=O) groups is 2. The van der Waals surface area contributed by atoms with Gasteiger partial charge in [0, 0.05) is 29.2 Å². The summed E-state index contributed by atoms with van der Waals surface area (Å²) in [5, 5.41) is 3.09. The van der Waals surface area contributed by atoms with Gasteiger partial charge in [0.1, 0.15) is 17.9 Å². The van der Waals surface area contributed by atoms with Crippen LogP contribution >= 0.6 is 23.4 Å². The molecule has 1 aliphatic rings. The molecule has 0 bridgehead atoms. The largest absolute Gasteiger partial charge is 0.467 e. The maximum Gasteiger partial charge on any atom is 0.328 e. The van der Waals surface area contributed by atoms with Crippen molar-refractivity contribution in [3.8, 4) is 0 Å². The quantitative estimate of drug-likeness (QED) is 0.674. The Labute approximate surface area is 177 Å². The summed E-state index contributed by atoms with van der Waals surface area (Å²) in [6.07, 6.45) is 4.40. The van der Waals surface area contributed by atoms with Gasteiger partial charge in [-0.05, 0) is 36.6 Å². The maximum absolute atomic E-state index is 14.7. The van der Waals surface area contributed by atoms with Crippen molar-refractivity contribution in [2.24, 2.45) is 0 Å². The van der Waals surface area contributed by atoms with Crippen molar-refractivity contribution < 1.29 is 18.7 Å². The van der Waals surface area contributed by atoms with Gasteiger partial charge in [-0.3, -0.25) is 0 Å².